The quantitative estimate of drug-likeness (QED) is 0.278. The van der Waals surface area contributed by atoms with Crippen molar-refractivity contribution in [1.29, 1.82) is 0 Å². The zero-order valence-corrected chi connectivity index (χ0v) is 15.2. The molecular formula is C19H19N5O4. The molecular weight excluding hydrogens is 362 g/mol. The Bertz CT molecular complexity index is 1080. The lowest BCUT2D eigenvalue weighted by molar-refractivity contribution is -0.384. The van der Waals surface area contributed by atoms with Crippen LogP contribution in [0.2, 0.25) is 0 Å². The van der Waals surface area contributed by atoms with Crippen molar-refractivity contribution in [2.24, 2.45) is 5.10 Å². The number of methoxy groups -OCH3 is 1. The zero-order valence-electron chi connectivity index (χ0n) is 15.2. The highest BCUT2D eigenvalue weighted by molar-refractivity contribution is 5.81. The largest absolute Gasteiger partial charge is 0.385 e. The molecule has 144 valence electrons. The minimum atomic E-state index is -0.469. The number of para-hydroxylation sites is 1. The molecule has 0 atom stereocenters. The van der Waals surface area contributed by atoms with Gasteiger partial charge in [0.25, 0.3) is 11.2 Å². The first-order valence-corrected chi connectivity index (χ1v) is 8.62. The predicted octanol–water partition coefficient (Wildman–Crippen LogP) is 2.79. The Morgan fingerprint density at radius 1 is 1.29 bits per heavy atom. The summed E-state index contributed by atoms with van der Waals surface area (Å²) in [6, 6.07) is 13.2. The van der Waals surface area contributed by atoms with E-state index in [0.29, 0.717) is 42.0 Å². The zero-order chi connectivity index (χ0) is 19.9. The van der Waals surface area contributed by atoms with E-state index in [-0.39, 0.29) is 11.2 Å². The fourth-order valence-corrected chi connectivity index (χ4v) is 2.71. The molecule has 9 heteroatoms. The van der Waals surface area contributed by atoms with Crippen LogP contribution in [0.5, 0.6) is 0 Å². The van der Waals surface area contributed by atoms with Gasteiger partial charge in [0.15, 0.2) is 0 Å². The molecule has 1 aromatic heterocycles. The lowest BCUT2D eigenvalue weighted by atomic mass is 10.2. The number of nitrogens with zero attached hydrogens (tertiary/aromatic N) is 4. The van der Waals surface area contributed by atoms with E-state index in [9.17, 15) is 14.9 Å². The van der Waals surface area contributed by atoms with Gasteiger partial charge in [-0.2, -0.15) is 5.10 Å². The van der Waals surface area contributed by atoms with Crippen LogP contribution in [-0.4, -0.2) is 34.4 Å². The van der Waals surface area contributed by atoms with Crippen molar-refractivity contribution in [1.82, 2.24) is 9.55 Å². The van der Waals surface area contributed by atoms with Gasteiger partial charge in [-0.25, -0.2) is 10.4 Å². The fraction of sp³-hybridized carbons (Fsp3) is 0.211. The molecule has 0 fully saturated rings. The maximum Gasteiger partial charge on any atom is 0.270 e. The highest BCUT2D eigenvalue weighted by Gasteiger charge is 2.10. The molecule has 2 aromatic carbocycles. The molecule has 1 heterocycles. The monoisotopic (exact) mass is 381 g/mol. The van der Waals surface area contributed by atoms with Crippen molar-refractivity contribution in [3.63, 3.8) is 0 Å². The highest BCUT2D eigenvalue weighted by Crippen LogP contribution is 2.13. The van der Waals surface area contributed by atoms with Gasteiger partial charge in [-0.1, -0.05) is 24.3 Å². The molecule has 3 rings (SSSR count). The number of nitro groups is 1. The van der Waals surface area contributed by atoms with Crippen LogP contribution in [0.1, 0.15) is 12.0 Å². The molecule has 3 aromatic rings. The minimum Gasteiger partial charge on any atom is -0.385 e. The minimum absolute atomic E-state index is 0.0238. The number of nitrogens with one attached hydrogen (secondary N) is 1. The SMILES string of the molecule is COCCCn1c(N/N=C\c2cccc([N+](=O)[O-])c2)nc2ccccc2c1=O. The Balaban J connectivity index is 1.90. The van der Waals surface area contributed by atoms with Crippen molar-refractivity contribution >= 4 is 28.8 Å². The summed E-state index contributed by atoms with van der Waals surface area (Å²) >= 11 is 0. The normalized spacial score (nSPS) is 11.2. The van der Waals surface area contributed by atoms with Gasteiger partial charge in [0.1, 0.15) is 0 Å². The van der Waals surface area contributed by atoms with Crippen LogP contribution in [-0.2, 0) is 11.3 Å². The maximum atomic E-state index is 12.8. The molecule has 0 amide bonds. The molecule has 0 saturated carbocycles. The first-order chi connectivity index (χ1) is 13.6. The molecule has 0 unspecified atom stereocenters. The number of aromatic nitrogens is 2. The van der Waals surface area contributed by atoms with Gasteiger partial charge >= 0.3 is 0 Å². The lowest BCUT2D eigenvalue weighted by Gasteiger charge is -2.12. The van der Waals surface area contributed by atoms with Crippen LogP contribution in [0.4, 0.5) is 11.6 Å². The van der Waals surface area contributed by atoms with Crippen molar-refractivity contribution in [3.8, 4) is 0 Å². The smallest absolute Gasteiger partial charge is 0.270 e. The number of ether oxygens (including phenoxy) is 1. The number of rotatable bonds is 8. The van der Waals surface area contributed by atoms with Crippen LogP contribution >= 0.6 is 0 Å². The number of anilines is 1. The Morgan fingerprint density at radius 3 is 2.89 bits per heavy atom. The second-order valence-electron chi connectivity index (χ2n) is 5.98. The van der Waals surface area contributed by atoms with Gasteiger partial charge < -0.3 is 4.74 Å². The molecule has 1 N–H and O–H groups in total. The third-order valence-electron chi connectivity index (χ3n) is 4.05. The topological polar surface area (TPSA) is 112 Å². The standard InChI is InChI=1S/C19H19N5O4/c1-28-11-5-10-23-18(25)16-8-2-3-9-17(16)21-19(23)22-20-13-14-6-4-7-15(12-14)24(26)27/h2-4,6-9,12-13H,5,10-11H2,1H3,(H,21,22)/b20-13-. The molecule has 0 aliphatic carbocycles. The molecule has 0 aliphatic rings. The summed E-state index contributed by atoms with van der Waals surface area (Å²) in [6.07, 6.45) is 2.08. The van der Waals surface area contributed by atoms with E-state index in [2.05, 4.69) is 15.5 Å². The average molecular weight is 381 g/mol. The van der Waals surface area contributed by atoms with Crippen LogP contribution in [0.15, 0.2) is 58.4 Å². The average Bonchev–Trinajstić information content (AvgIpc) is 2.70. The highest BCUT2D eigenvalue weighted by atomic mass is 16.6. The number of benzene rings is 2. The second-order valence-corrected chi connectivity index (χ2v) is 5.98. The van der Waals surface area contributed by atoms with E-state index in [1.165, 1.54) is 22.9 Å². The molecule has 0 radical (unpaired) electrons. The number of nitro benzene ring substituents is 1. The molecule has 28 heavy (non-hydrogen) atoms. The number of non-ortho nitro benzene ring substituents is 1. The van der Waals surface area contributed by atoms with Crippen molar-refractivity contribution < 1.29 is 9.66 Å². The third-order valence-corrected chi connectivity index (χ3v) is 4.05. The first-order valence-electron chi connectivity index (χ1n) is 8.62. The summed E-state index contributed by atoms with van der Waals surface area (Å²) in [6.45, 7) is 0.925. The Hall–Kier alpha value is -3.59. The van der Waals surface area contributed by atoms with Crippen LogP contribution in [0, 0.1) is 10.1 Å². The van der Waals surface area contributed by atoms with Crippen molar-refractivity contribution in [2.75, 3.05) is 19.1 Å². The fourth-order valence-electron chi connectivity index (χ4n) is 2.71. The Labute approximate surface area is 160 Å². The van der Waals surface area contributed by atoms with E-state index in [1.807, 2.05) is 0 Å². The van der Waals surface area contributed by atoms with Gasteiger partial charge in [-0.3, -0.25) is 19.5 Å². The summed E-state index contributed by atoms with van der Waals surface area (Å²) in [7, 11) is 1.60. The van der Waals surface area contributed by atoms with Crippen LogP contribution in [0.25, 0.3) is 10.9 Å². The van der Waals surface area contributed by atoms with E-state index in [4.69, 9.17) is 4.74 Å². The Morgan fingerprint density at radius 2 is 2.11 bits per heavy atom. The summed E-state index contributed by atoms with van der Waals surface area (Å²) in [4.78, 5) is 27.7. The van der Waals surface area contributed by atoms with Gasteiger partial charge in [-0.15, -0.1) is 0 Å². The van der Waals surface area contributed by atoms with E-state index in [0.717, 1.165) is 0 Å². The predicted molar refractivity (Wildman–Crippen MR) is 107 cm³/mol. The second kappa shape index (κ2) is 8.87. The Kier molecular flexibility index (Phi) is 6.07. The van der Waals surface area contributed by atoms with Gasteiger partial charge in [-0.05, 0) is 18.6 Å². The van der Waals surface area contributed by atoms with Crippen molar-refractivity contribution in [3.05, 3.63) is 74.6 Å². The third kappa shape index (κ3) is 4.38. The number of hydrazone groups is 1. The summed E-state index contributed by atoms with van der Waals surface area (Å²) in [5.74, 6) is 0.293. The van der Waals surface area contributed by atoms with E-state index < -0.39 is 4.92 Å². The number of fused-ring (bicyclic) bond motifs is 1. The van der Waals surface area contributed by atoms with Gasteiger partial charge in [0.05, 0.1) is 22.0 Å². The first kappa shape index (κ1) is 19.2. The number of hydrogen-bond acceptors (Lipinski definition) is 7. The van der Waals surface area contributed by atoms with Gasteiger partial charge in [0.2, 0.25) is 5.95 Å². The van der Waals surface area contributed by atoms with E-state index >= 15 is 0 Å². The van der Waals surface area contributed by atoms with Crippen LogP contribution in [0.3, 0.4) is 0 Å². The lowest BCUT2D eigenvalue weighted by Crippen LogP contribution is -2.24. The maximum absolute atomic E-state index is 12.8. The molecule has 0 aliphatic heterocycles. The van der Waals surface area contributed by atoms with E-state index in [1.54, 1.807) is 43.5 Å². The van der Waals surface area contributed by atoms with Gasteiger partial charge in [0, 0.05) is 38.0 Å². The molecule has 0 spiro atoms. The summed E-state index contributed by atoms with van der Waals surface area (Å²) in [5, 5.41) is 15.5. The summed E-state index contributed by atoms with van der Waals surface area (Å²) in [5.41, 5.74) is 3.70. The molecule has 9 nitrogen and oxygen atoms in total. The van der Waals surface area contributed by atoms with Crippen molar-refractivity contribution in [2.45, 2.75) is 13.0 Å². The van der Waals surface area contributed by atoms with Crippen LogP contribution < -0.4 is 11.0 Å². The molecule has 0 saturated heterocycles. The number of hydrogen-bond donors (Lipinski definition) is 1. The summed E-state index contributed by atoms with van der Waals surface area (Å²) < 4.78 is 6.57. The molecule has 0 bridgehead atoms.